The first-order valence-electron chi connectivity index (χ1n) is 7.68. The first-order valence-corrected chi connectivity index (χ1v) is 10.5. The second kappa shape index (κ2) is 9.68. The van der Waals surface area contributed by atoms with Gasteiger partial charge < -0.3 is 10.2 Å². The molecule has 2 aromatic rings. The van der Waals surface area contributed by atoms with E-state index in [1.807, 2.05) is 0 Å². The standard InChI is InChI=1S/C16H11Br2F6O5P/c17-11-1-7(5-25)13(19)3-9(11)15(21,22)28-30(27)29-16(23,24)10-4-14(20)8(6-26)2-12(10)18/h1-4,25-26,30H,5-6H2. The quantitative estimate of drug-likeness (QED) is 0.306. The van der Waals surface area contributed by atoms with E-state index in [1.165, 1.54) is 0 Å². The van der Waals surface area contributed by atoms with Crippen molar-refractivity contribution in [1.29, 1.82) is 0 Å². The average Bonchev–Trinajstić information content (AvgIpc) is 2.63. The topological polar surface area (TPSA) is 76.0 Å². The van der Waals surface area contributed by atoms with Gasteiger partial charge in [0.05, 0.1) is 24.3 Å². The highest BCUT2D eigenvalue weighted by atomic mass is 79.9. The highest BCUT2D eigenvalue weighted by molar-refractivity contribution is 9.10. The van der Waals surface area contributed by atoms with Crippen molar-refractivity contribution in [1.82, 2.24) is 0 Å². The van der Waals surface area contributed by atoms with Crippen molar-refractivity contribution in [2.45, 2.75) is 25.4 Å². The fraction of sp³-hybridized carbons (Fsp3) is 0.250. The molecule has 0 aliphatic carbocycles. The van der Waals surface area contributed by atoms with Crippen LogP contribution in [0, 0.1) is 11.6 Å². The van der Waals surface area contributed by atoms with Gasteiger partial charge in [0, 0.05) is 20.1 Å². The van der Waals surface area contributed by atoms with Gasteiger partial charge >= 0.3 is 20.5 Å². The van der Waals surface area contributed by atoms with Crippen LogP contribution in [0.5, 0.6) is 0 Å². The Labute approximate surface area is 182 Å². The molecule has 0 aromatic heterocycles. The number of aliphatic hydroxyl groups is 2. The minimum atomic E-state index is -4.62. The predicted molar refractivity (Wildman–Crippen MR) is 99.0 cm³/mol. The number of rotatable bonds is 8. The summed E-state index contributed by atoms with van der Waals surface area (Å²) in [4.78, 5) is 0. The van der Waals surface area contributed by atoms with E-state index in [-0.39, 0.29) is 23.3 Å². The van der Waals surface area contributed by atoms with Crippen molar-refractivity contribution < 1.29 is 50.2 Å². The fourth-order valence-corrected chi connectivity index (χ4v) is 4.13. The predicted octanol–water partition coefficient (Wildman–Crippen LogP) is 5.70. The van der Waals surface area contributed by atoms with Crippen LogP contribution in [0.15, 0.2) is 33.2 Å². The van der Waals surface area contributed by atoms with Crippen LogP contribution in [0.3, 0.4) is 0 Å². The van der Waals surface area contributed by atoms with Gasteiger partial charge in [-0.05, 0) is 24.3 Å². The van der Waals surface area contributed by atoms with Gasteiger partial charge in [0.2, 0.25) is 0 Å². The Balaban J connectivity index is 2.26. The Hall–Kier alpha value is -0.950. The summed E-state index contributed by atoms with van der Waals surface area (Å²) in [5.41, 5.74) is -3.06. The zero-order valence-electron chi connectivity index (χ0n) is 14.4. The molecule has 0 aliphatic heterocycles. The van der Waals surface area contributed by atoms with Gasteiger partial charge in [-0.25, -0.2) is 17.8 Å². The lowest BCUT2D eigenvalue weighted by molar-refractivity contribution is -0.221. The molecule has 30 heavy (non-hydrogen) atoms. The van der Waals surface area contributed by atoms with Crippen LogP contribution < -0.4 is 0 Å². The Morgan fingerprint density at radius 2 is 1.13 bits per heavy atom. The maximum atomic E-state index is 14.2. The molecule has 0 saturated carbocycles. The fourth-order valence-electron chi connectivity index (χ4n) is 2.20. The lowest BCUT2D eigenvalue weighted by Gasteiger charge is -2.22. The van der Waals surface area contributed by atoms with Gasteiger partial charge in [-0.15, -0.1) is 0 Å². The first kappa shape index (κ1) is 25.3. The maximum Gasteiger partial charge on any atom is 0.391 e. The van der Waals surface area contributed by atoms with E-state index >= 15 is 0 Å². The van der Waals surface area contributed by atoms with Crippen LogP contribution in [0.4, 0.5) is 26.3 Å². The Morgan fingerprint density at radius 1 is 0.800 bits per heavy atom. The average molecular weight is 588 g/mol. The molecule has 5 nitrogen and oxygen atoms in total. The van der Waals surface area contributed by atoms with Crippen molar-refractivity contribution >= 4 is 40.1 Å². The normalized spacial score (nSPS) is 12.6. The molecule has 0 unspecified atom stereocenters. The van der Waals surface area contributed by atoms with Crippen LogP contribution in [0.1, 0.15) is 22.3 Å². The van der Waals surface area contributed by atoms with Gasteiger partial charge in [-0.2, -0.15) is 17.6 Å². The lowest BCUT2D eigenvalue weighted by Crippen LogP contribution is -2.20. The monoisotopic (exact) mass is 586 g/mol. The molecule has 0 heterocycles. The molecular formula is C16H11Br2F6O5P. The molecule has 166 valence electrons. The summed E-state index contributed by atoms with van der Waals surface area (Å²) in [7, 11) is -4.62. The minimum absolute atomic E-state index is 0.266. The first-order chi connectivity index (χ1) is 13.8. The van der Waals surface area contributed by atoms with E-state index in [4.69, 9.17) is 10.2 Å². The second-order valence-electron chi connectivity index (χ2n) is 5.65. The smallest absolute Gasteiger partial charge is 0.391 e. The van der Waals surface area contributed by atoms with Gasteiger partial charge in [-0.1, -0.05) is 31.9 Å². The summed E-state index contributed by atoms with van der Waals surface area (Å²) in [6.45, 7) is -1.60. The Morgan fingerprint density at radius 3 is 1.43 bits per heavy atom. The van der Waals surface area contributed by atoms with Gasteiger partial charge in [0.15, 0.2) is 0 Å². The lowest BCUT2D eigenvalue weighted by atomic mass is 10.1. The van der Waals surface area contributed by atoms with Crippen molar-refractivity contribution in [2.75, 3.05) is 0 Å². The van der Waals surface area contributed by atoms with Gasteiger partial charge in [0.25, 0.3) is 0 Å². The molecule has 0 atom stereocenters. The molecule has 2 rings (SSSR count). The van der Waals surface area contributed by atoms with E-state index in [0.29, 0.717) is 0 Å². The molecule has 0 amide bonds. The number of hydrogen-bond donors (Lipinski definition) is 2. The van der Waals surface area contributed by atoms with Crippen LogP contribution in [-0.2, 0) is 39.0 Å². The zero-order chi connectivity index (χ0) is 22.9. The summed E-state index contributed by atoms with van der Waals surface area (Å²) in [6.07, 6.45) is -9.05. The highest BCUT2D eigenvalue weighted by Crippen LogP contribution is 2.49. The molecule has 2 N–H and O–H groups in total. The number of benzene rings is 2. The van der Waals surface area contributed by atoms with E-state index in [1.54, 1.807) is 0 Å². The van der Waals surface area contributed by atoms with Crippen LogP contribution in [-0.4, -0.2) is 10.2 Å². The molecular weight excluding hydrogens is 577 g/mol. The summed E-state index contributed by atoms with van der Waals surface area (Å²) in [5, 5.41) is 17.8. The van der Waals surface area contributed by atoms with Crippen LogP contribution >= 0.6 is 40.1 Å². The molecule has 0 aliphatic rings. The Bertz CT molecular complexity index is 900. The number of halogens is 8. The van der Waals surface area contributed by atoms with Gasteiger partial charge in [-0.3, -0.25) is 4.57 Å². The molecule has 0 fully saturated rings. The number of aliphatic hydroxyl groups excluding tert-OH is 2. The maximum absolute atomic E-state index is 14.2. The SMILES string of the molecule is O=[PH](OC(F)(F)c1cc(F)c(CO)cc1Br)OC(F)(F)c1cc(F)c(CO)cc1Br. The molecule has 0 bridgehead atoms. The van der Waals surface area contributed by atoms with Gasteiger partial charge in [0.1, 0.15) is 11.6 Å². The second-order valence-corrected chi connectivity index (χ2v) is 8.27. The molecule has 0 spiro atoms. The Kier molecular flexibility index (Phi) is 8.17. The number of hydrogen-bond acceptors (Lipinski definition) is 5. The van der Waals surface area contributed by atoms with Crippen molar-refractivity contribution in [3.05, 3.63) is 67.1 Å². The van der Waals surface area contributed by atoms with E-state index in [0.717, 1.165) is 12.1 Å². The molecule has 0 radical (unpaired) electrons. The largest absolute Gasteiger partial charge is 0.392 e. The molecule has 14 heteroatoms. The molecule has 0 saturated heterocycles. The third-order valence-corrected chi connectivity index (χ3v) is 5.82. The number of alkyl halides is 4. The molecule has 2 aromatic carbocycles. The van der Waals surface area contributed by atoms with Crippen molar-refractivity contribution in [2.24, 2.45) is 0 Å². The summed E-state index contributed by atoms with van der Waals surface area (Å²) >= 11 is 5.38. The van der Waals surface area contributed by atoms with Crippen LogP contribution in [0.2, 0.25) is 0 Å². The third-order valence-electron chi connectivity index (χ3n) is 3.66. The highest BCUT2D eigenvalue weighted by Gasteiger charge is 2.43. The van der Waals surface area contributed by atoms with Crippen LogP contribution in [0.25, 0.3) is 0 Å². The van der Waals surface area contributed by atoms with E-state index < -0.39 is 65.4 Å². The summed E-state index contributed by atoms with van der Waals surface area (Å²) in [5.74, 6) is -2.48. The summed E-state index contributed by atoms with van der Waals surface area (Å²) < 4.78 is 103. The summed E-state index contributed by atoms with van der Waals surface area (Å²) in [6, 6.07) is 2.14. The zero-order valence-corrected chi connectivity index (χ0v) is 18.5. The third kappa shape index (κ3) is 5.64. The van der Waals surface area contributed by atoms with E-state index in [2.05, 4.69) is 40.9 Å². The van der Waals surface area contributed by atoms with Crippen molar-refractivity contribution in [3.8, 4) is 0 Å². The van der Waals surface area contributed by atoms with E-state index in [9.17, 15) is 30.9 Å². The van der Waals surface area contributed by atoms with Crippen molar-refractivity contribution in [3.63, 3.8) is 0 Å². The minimum Gasteiger partial charge on any atom is -0.392 e.